The van der Waals surface area contributed by atoms with Crippen molar-refractivity contribution in [2.24, 2.45) is 10.9 Å². The number of rotatable bonds is 6. The Kier molecular flexibility index (Phi) is 7.09. The molecule has 2 aromatic rings. The largest absolute Gasteiger partial charge is 0.356 e. The van der Waals surface area contributed by atoms with Gasteiger partial charge in [-0.2, -0.15) is 0 Å². The van der Waals surface area contributed by atoms with Crippen molar-refractivity contribution in [1.29, 1.82) is 0 Å². The average Bonchev–Trinajstić information content (AvgIpc) is 3.16. The van der Waals surface area contributed by atoms with Gasteiger partial charge in [-0.15, -0.1) is 11.3 Å². The van der Waals surface area contributed by atoms with Crippen LogP contribution in [0.15, 0.2) is 52.8 Å². The minimum Gasteiger partial charge on any atom is -0.356 e. The summed E-state index contributed by atoms with van der Waals surface area (Å²) in [6, 6.07) is 14.8. The second-order valence-electron chi connectivity index (χ2n) is 7.20. The van der Waals surface area contributed by atoms with Crippen molar-refractivity contribution < 1.29 is 0 Å². The van der Waals surface area contributed by atoms with E-state index < -0.39 is 0 Å². The van der Waals surface area contributed by atoms with Crippen molar-refractivity contribution in [3.05, 3.63) is 58.3 Å². The first-order valence-corrected chi connectivity index (χ1v) is 10.3. The lowest BCUT2D eigenvalue weighted by atomic mass is 9.97. The molecule has 0 amide bonds. The first-order chi connectivity index (χ1) is 12.7. The zero-order valence-electron chi connectivity index (χ0n) is 15.9. The topological polar surface area (TPSA) is 30.9 Å². The monoisotopic (exact) mass is 370 g/mol. The molecule has 0 spiro atoms. The van der Waals surface area contributed by atoms with Gasteiger partial charge >= 0.3 is 0 Å². The van der Waals surface area contributed by atoms with Gasteiger partial charge in [0.2, 0.25) is 0 Å². The van der Waals surface area contributed by atoms with Crippen LogP contribution in [0.25, 0.3) is 0 Å². The van der Waals surface area contributed by atoms with E-state index in [0.29, 0.717) is 0 Å². The van der Waals surface area contributed by atoms with Crippen LogP contribution in [0.3, 0.4) is 0 Å². The summed E-state index contributed by atoms with van der Waals surface area (Å²) >= 11 is 1.86. The summed E-state index contributed by atoms with van der Waals surface area (Å²) in [4.78, 5) is 10.9. The molecule has 4 nitrogen and oxygen atoms in total. The Labute approximate surface area is 161 Å². The molecule has 1 N–H and O–H groups in total. The third-order valence-corrected chi connectivity index (χ3v) is 5.75. The summed E-state index contributed by atoms with van der Waals surface area (Å²) in [6.07, 6.45) is 2.52. The summed E-state index contributed by atoms with van der Waals surface area (Å²) in [5.41, 5.74) is 1.25. The van der Waals surface area contributed by atoms with E-state index in [4.69, 9.17) is 4.99 Å². The van der Waals surface area contributed by atoms with Crippen molar-refractivity contribution in [1.82, 2.24) is 15.1 Å². The molecular weight excluding hydrogens is 340 g/mol. The molecule has 2 heterocycles. The van der Waals surface area contributed by atoms with E-state index in [1.807, 2.05) is 17.4 Å². The molecule has 0 bridgehead atoms. The lowest BCUT2D eigenvalue weighted by Crippen LogP contribution is -2.42. The van der Waals surface area contributed by atoms with Crippen LogP contribution in [0.4, 0.5) is 0 Å². The average molecular weight is 371 g/mol. The third-order valence-electron chi connectivity index (χ3n) is 4.89. The Balaban J connectivity index is 1.43. The van der Waals surface area contributed by atoms with Gasteiger partial charge in [-0.1, -0.05) is 36.4 Å². The highest BCUT2D eigenvalue weighted by Crippen LogP contribution is 2.20. The van der Waals surface area contributed by atoms with Gasteiger partial charge in [0.15, 0.2) is 5.96 Å². The van der Waals surface area contributed by atoms with Gasteiger partial charge in [0, 0.05) is 32.1 Å². The lowest BCUT2D eigenvalue weighted by Gasteiger charge is -2.32. The van der Waals surface area contributed by atoms with E-state index in [9.17, 15) is 0 Å². The number of piperidine rings is 1. The molecule has 1 aromatic heterocycles. The molecular formula is C21H30N4S. The lowest BCUT2D eigenvalue weighted by molar-refractivity contribution is 0.179. The van der Waals surface area contributed by atoms with Gasteiger partial charge in [0.25, 0.3) is 0 Å². The Morgan fingerprint density at radius 2 is 1.92 bits per heavy atom. The van der Waals surface area contributed by atoms with E-state index in [1.165, 1.54) is 36.4 Å². The van der Waals surface area contributed by atoms with Crippen molar-refractivity contribution >= 4 is 17.3 Å². The van der Waals surface area contributed by atoms with Crippen LogP contribution in [0.2, 0.25) is 0 Å². The Morgan fingerprint density at radius 3 is 2.58 bits per heavy atom. The fourth-order valence-electron chi connectivity index (χ4n) is 3.31. The minimum atomic E-state index is 0.723. The zero-order valence-corrected chi connectivity index (χ0v) is 16.7. The van der Waals surface area contributed by atoms with Crippen LogP contribution in [-0.2, 0) is 13.1 Å². The van der Waals surface area contributed by atoms with E-state index in [0.717, 1.165) is 31.5 Å². The molecule has 26 heavy (non-hydrogen) atoms. The maximum atomic E-state index is 4.77. The molecule has 0 unspecified atom stereocenters. The number of thiophene rings is 1. The van der Waals surface area contributed by atoms with Crippen LogP contribution in [-0.4, -0.2) is 49.5 Å². The smallest absolute Gasteiger partial charge is 0.193 e. The van der Waals surface area contributed by atoms with Gasteiger partial charge in [-0.25, -0.2) is 4.99 Å². The number of hydrogen-bond acceptors (Lipinski definition) is 3. The quantitative estimate of drug-likeness (QED) is 0.622. The summed E-state index contributed by atoms with van der Waals surface area (Å²) in [5, 5.41) is 5.75. The molecule has 1 saturated heterocycles. The molecule has 3 rings (SSSR count). The molecule has 1 aromatic carbocycles. The maximum absolute atomic E-state index is 4.77. The Morgan fingerprint density at radius 1 is 1.15 bits per heavy atom. The van der Waals surface area contributed by atoms with Crippen molar-refractivity contribution in [2.45, 2.75) is 25.9 Å². The molecule has 1 aliphatic heterocycles. The SMILES string of the molecule is CN(C)C(=NCc1ccccc1)NCC1CCN(Cc2cccs2)CC1. The predicted molar refractivity (Wildman–Crippen MR) is 112 cm³/mol. The molecule has 1 fully saturated rings. The minimum absolute atomic E-state index is 0.723. The number of nitrogens with one attached hydrogen (secondary N) is 1. The summed E-state index contributed by atoms with van der Waals surface area (Å²) < 4.78 is 0. The van der Waals surface area contributed by atoms with Crippen LogP contribution < -0.4 is 5.32 Å². The summed E-state index contributed by atoms with van der Waals surface area (Å²) in [7, 11) is 4.11. The van der Waals surface area contributed by atoms with E-state index in [1.54, 1.807) is 0 Å². The van der Waals surface area contributed by atoms with Crippen LogP contribution in [0, 0.1) is 5.92 Å². The van der Waals surface area contributed by atoms with E-state index in [2.05, 4.69) is 71.0 Å². The Hall–Kier alpha value is -1.85. The van der Waals surface area contributed by atoms with E-state index >= 15 is 0 Å². The highest BCUT2D eigenvalue weighted by molar-refractivity contribution is 7.09. The highest BCUT2D eigenvalue weighted by atomic mass is 32.1. The molecule has 0 aliphatic carbocycles. The standard InChI is InChI=1S/C21H30N4S/c1-24(2)21(22-15-18-7-4-3-5-8-18)23-16-19-10-12-25(13-11-19)17-20-9-6-14-26-20/h3-9,14,19H,10-13,15-17H2,1-2H3,(H,22,23). The normalized spacial score (nSPS) is 16.6. The number of nitrogens with zero attached hydrogens (tertiary/aromatic N) is 3. The first-order valence-electron chi connectivity index (χ1n) is 9.45. The van der Waals surface area contributed by atoms with Gasteiger partial charge in [0.05, 0.1) is 6.54 Å². The van der Waals surface area contributed by atoms with Gasteiger partial charge < -0.3 is 10.2 Å². The van der Waals surface area contributed by atoms with Crippen molar-refractivity contribution in [2.75, 3.05) is 33.7 Å². The number of hydrogen-bond donors (Lipinski definition) is 1. The van der Waals surface area contributed by atoms with Gasteiger partial charge in [0.1, 0.15) is 0 Å². The van der Waals surface area contributed by atoms with Crippen LogP contribution in [0.5, 0.6) is 0 Å². The second kappa shape index (κ2) is 9.74. The Bertz CT molecular complexity index is 659. The van der Waals surface area contributed by atoms with Gasteiger partial charge in [-0.3, -0.25) is 4.90 Å². The molecule has 1 aliphatic rings. The van der Waals surface area contributed by atoms with Crippen molar-refractivity contribution in [3.63, 3.8) is 0 Å². The van der Waals surface area contributed by atoms with Crippen LogP contribution >= 0.6 is 11.3 Å². The van der Waals surface area contributed by atoms with Crippen LogP contribution in [0.1, 0.15) is 23.3 Å². The number of benzene rings is 1. The molecule has 5 heteroatoms. The molecule has 0 atom stereocenters. The zero-order chi connectivity index (χ0) is 18.2. The number of likely N-dealkylation sites (tertiary alicyclic amines) is 1. The molecule has 140 valence electrons. The van der Waals surface area contributed by atoms with Gasteiger partial charge in [-0.05, 0) is 48.9 Å². The predicted octanol–water partition coefficient (Wildman–Crippen LogP) is 3.67. The van der Waals surface area contributed by atoms with E-state index in [-0.39, 0.29) is 0 Å². The number of guanidine groups is 1. The second-order valence-corrected chi connectivity index (χ2v) is 8.23. The fraction of sp³-hybridized carbons (Fsp3) is 0.476. The summed E-state index contributed by atoms with van der Waals surface area (Å²) in [5.74, 6) is 1.71. The fourth-order valence-corrected chi connectivity index (χ4v) is 4.06. The summed E-state index contributed by atoms with van der Waals surface area (Å²) in [6.45, 7) is 5.24. The third kappa shape index (κ3) is 5.85. The molecule has 0 saturated carbocycles. The first kappa shape index (κ1) is 18.9. The molecule has 0 radical (unpaired) electrons. The highest BCUT2D eigenvalue weighted by Gasteiger charge is 2.19. The number of aliphatic imine (C=N–C) groups is 1. The maximum Gasteiger partial charge on any atom is 0.193 e. The van der Waals surface area contributed by atoms with Crippen molar-refractivity contribution in [3.8, 4) is 0 Å².